The van der Waals surface area contributed by atoms with Crippen LogP contribution < -0.4 is 4.74 Å². The van der Waals surface area contributed by atoms with Gasteiger partial charge in [-0.15, -0.1) is 0 Å². The fourth-order valence-corrected chi connectivity index (χ4v) is 4.31. The number of aromatic amines is 1. The fraction of sp³-hybridized carbons (Fsp3) is 0.375. The lowest BCUT2D eigenvalue weighted by Gasteiger charge is -2.45. The number of rotatable bonds is 5. The molecule has 0 aliphatic carbocycles. The molecule has 164 valence electrons. The summed E-state index contributed by atoms with van der Waals surface area (Å²) in [5, 5.41) is 12.0. The number of likely N-dealkylation sites (tertiary alicyclic amines) is 1. The van der Waals surface area contributed by atoms with E-state index >= 15 is 0 Å². The van der Waals surface area contributed by atoms with Crippen LogP contribution in [0.5, 0.6) is 5.75 Å². The van der Waals surface area contributed by atoms with Crippen LogP contribution in [0, 0.1) is 17.6 Å². The molecule has 1 saturated heterocycles. The van der Waals surface area contributed by atoms with Gasteiger partial charge in [0, 0.05) is 11.9 Å². The maximum atomic E-state index is 14.0. The van der Waals surface area contributed by atoms with Gasteiger partial charge in [0.1, 0.15) is 34.8 Å². The lowest BCUT2D eigenvalue weighted by atomic mass is 9.81. The summed E-state index contributed by atoms with van der Waals surface area (Å²) in [6.45, 7) is 4.55. The number of ether oxygens (including phenoxy) is 1. The van der Waals surface area contributed by atoms with Crippen molar-refractivity contribution in [1.29, 1.82) is 0 Å². The highest BCUT2D eigenvalue weighted by Gasteiger charge is 2.45. The first-order valence-electron chi connectivity index (χ1n) is 10.5. The number of aliphatic hydroxyl groups is 1. The predicted molar refractivity (Wildman–Crippen MR) is 114 cm³/mol. The monoisotopic (exact) mass is 428 g/mol. The molecule has 2 heterocycles. The number of fused-ring (bicyclic) bond motifs is 1. The SMILES string of the molecule is CC(C)C[C@]1(O)CCN(C(=O)c2cc3cccc(F)c3[nH]2)C[C@@H]1Oc1ccc(F)cc1. The smallest absolute Gasteiger partial charge is 0.270 e. The normalized spacial score (nSPS) is 21.6. The van der Waals surface area contributed by atoms with Gasteiger partial charge in [-0.3, -0.25) is 4.79 Å². The van der Waals surface area contributed by atoms with Crippen LogP contribution in [-0.4, -0.2) is 45.7 Å². The molecule has 5 nitrogen and oxygen atoms in total. The molecule has 7 heteroatoms. The summed E-state index contributed by atoms with van der Waals surface area (Å²) in [6, 6.07) is 11.9. The van der Waals surface area contributed by atoms with Crippen LogP contribution in [0.2, 0.25) is 0 Å². The van der Waals surface area contributed by atoms with Crippen LogP contribution in [0.4, 0.5) is 8.78 Å². The number of para-hydroxylation sites is 1. The number of nitrogens with one attached hydrogen (secondary N) is 1. The molecule has 4 rings (SSSR count). The average molecular weight is 428 g/mol. The third-order valence-electron chi connectivity index (χ3n) is 5.78. The summed E-state index contributed by atoms with van der Waals surface area (Å²) in [5.41, 5.74) is -0.542. The molecule has 1 aromatic heterocycles. The Balaban J connectivity index is 1.58. The lowest BCUT2D eigenvalue weighted by Crippen LogP contribution is -2.59. The maximum absolute atomic E-state index is 14.0. The van der Waals surface area contributed by atoms with Crippen molar-refractivity contribution in [1.82, 2.24) is 9.88 Å². The van der Waals surface area contributed by atoms with Crippen LogP contribution in [0.3, 0.4) is 0 Å². The Morgan fingerprint density at radius 1 is 1.26 bits per heavy atom. The maximum Gasteiger partial charge on any atom is 0.270 e. The molecular weight excluding hydrogens is 402 g/mol. The minimum Gasteiger partial charge on any atom is -0.486 e. The van der Waals surface area contributed by atoms with E-state index < -0.39 is 17.5 Å². The van der Waals surface area contributed by atoms with Gasteiger partial charge in [-0.2, -0.15) is 0 Å². The van der Waals surface area contributed by atoms with Gasteiger partial charge < -0.3 is 19.7 Å². The third-order valence-corrected chi connectivity index (χ3v) is 5.78. The number of H-pyrrole nitrogens is 1. The number of halogens is 2. The Hall–Kier alpha value is -2.93. The summed E-state index contributed by atoms with van der Waals surface area (Å²) in [7, 11) is 0. The van der Waals surface area contributed by atoms with Crippen LogP contribution in [-0.2, 0) is 0 Å². The summed E-state index contributed by atoms with van der Waals surface area (Å²) in [5.74, 6) is -0.427. The Kier molecular flexibility index (Phi) is 5.71. The Labute approximate surface area is 179 Å². The van der Waals surface area contributed by atoms with Crippen molar-refractivity contribution in [2.75, 3.05) is 13.1 Å². The molecule has 1 amide bonds. The molecule has 1 aliphatic rings. The third kappa shape index (κ3) is 4.42. The Bertz CT molecular complexity index is 1080. The van der Waals surface area contributed by atoms with Crippen LogP contribution in [0.15, 0.2) is 48.5 Å². The van der Waals surface area contributed by atoms with Gasteiger partial charge >= 0.3 is 0 Å². The molecule has 0 bridgehead atoms. The molecule has 1 aliphatic heterocycles. The first kappa shape index (κ1) is 21.3. The molecule has 0 unspecified atom stereocenters. The summed E-state index contributed by atoms with van der Waals surface area (Å²) < 4.78 is 33.3. The molecule has 0 saturated carbocycles. The second kappa shape index (κ2) is 8.30. The van der Waals surface area contributed by atoms with E-state index in [9.17, 15) is 18.7 Å². The topological polar surface area (TPSA) is 65.6 Å². The van der Waals surface area contributed by atoms with Gasteiger partial charge in [-0.1, -0.05) is 26.0 Å². The van der Waals surface area contributed by atoms with Crippen molar-refractivity contribution in [3.63, 3.8) is 0 Å². The van der Waals surface area contributed by atoms with Gasteiger partial charge in [0.15, 0.2) is 0 Å². The van der Waals surface area contributed by atoms with E-state index in [0.29, 0.717) is 36.0 Å². The van der Waals surface area contributed by atoms with E-state index in [1.54, 1.807) is 23.1 Å². The van der Waals surface area contributed by atoms with Crippen LogP contribution in [0.25, 0.3) is 10.9 Å². The number of amides is 1. The average Bonchev–Trinajstić information content (AvgIpc) is 3.16. The Morgan fingerprint density at radius 2 is 2.00 bits per heavy atom. The molecule has 3 aromatic rings. The molecule has 1 fully saturated rings. The molecule has 31 heavy (non-hydrogen) atoms. The van der Waals surface area contributed by atoms with Crippen molar-refractivity contribution in [2.45, 2.75) is 38.4 Å². The van der Waals surface area contributed by atoms with E-state index in [-0.39, 0.29) is 29.9 Å². The second-order valence-electron chi connectivity index (χ2n) is 8.65. The van der Waals surface area contributed by atoms with Crippen molar-refractivity contribution in [3.8, 4) is 5.75 Å². The zero-order valence-electron chi connectivity index (χ0n) is 17.6. The Morgan fingerprint density at radius 3 is 2.68 bits per heavy atom. The molecule has 0 radical (unpaired) electrons. The van der Waals surface area contributed by atoms with Crippen molar-refractivity contribution in [3.05, 3.63) is 65.9 Å². The van der Waals surface area contributed by atoms with E-state index in [1.165, 1.54) is 30.3 Å². The molecular formula is C24H26F2N2O3. The number of hydrogen-bond acceptors (Lipinski definition) is 3. The minimum absolute atomic E-state index is 0.164. The molecule has 2 N–H and O–H groups in total. The highest BCUT2D eigenvalue weighted by atomic mass is 19.1. The highest BCUT2D eigenvalue weighted by molar-refractivity contribution is 5.98. The number of aromatic nitrogens is 1. The summed E-state index contributed by atoms with van der Waals surface area (Å²) >= 11 is 0. The summed E-state index contributed by atoms with van der Waals surface area (Å²) in [4.78, 5) is 17.6. The van der Waals surface area contributed by atoms with Crippen molar-refractivity contribution in [2.24, 2.45) is 5.92 Å². The van der Waals surface area contributed by atoms with E-state index in [4.69, 9.17) is 4.74 Å². The van der Waals surface area contributed by atoms with Crippen molar-refractivity contribution >= 4 is 16.8 Å². The number of piperidine rings is 1. The quantitative estimate of drug-likeness (QED) is 0.628. The van der Waals surface area contributed by atoms with E-state index in [1.807, 2.05) is 13.8 Å². The number of nitrogens with zero attached hydrogens (tertiary/aromatic N) is 1. The van der Waals surface area contributed by atoms with Gasteiger partial charge in [-0.25, -0.2) is 8.78 Å². The van der Waals surface area contributed by atoms with Crippen LogP contribution >= 0.6 is 0 Å². The van der Waals surface area contributed by atoms with Gasteiger partial charge in [0.25, 0.3) is 5.91 Å². The largest absolute Gasteiger partial charge is 0.486 e. The van der Waals surface area contributed by atoms with E-state index in [0.717, 1.165) is 0 Å². The van der Waals surface area contributed by atoms with Gasteiger partial charge in [0.2, 0.25) is 0 Å². The van der Waals surface area contributed by atoms with E-state index in [2.05, 4.69) is 4.98 Å². The lowest BCUT2D eigenvalue weighted by molar-refractivity contribution is -0.111. The molecule has 2 aromatic carbocycles. The number of carbonyl (C=O) groups is 1. The number of benzene rings is 2. The highest BCUT2D eigenvalue weighted by Crippen LogP contribution is 2.33. The second-order valence-corrected chi connectivity index (χ2v) is 8.65. The minimum atomic E-state index is -1.12. The number of hydrogen-bond donors (Lipinski definition) is 2. The molecule has 0 spiro atoms. The van der Waals surface area contributed by atoms with Gasteiger partial charge in [-0.05, 0) is 55.2 Å². The van der Waals surface area contributed by atoms with Crippen molar-refractivity contribution < 1.29 is 23.4 Å². The van der Waals surface area contributed by atoms with Crippen LogP contribution in [0.1, 0.15) is 37.2 Å². The van der Waals surface area contributed by atoms with Gasteiger partial charge in [0.05, 0.1) is 12.1 Å². The zero-order chi connectivity index (χ0) is 22.2. The predicted octanol–water partition coefficient (Wildman–Crippen LogP) is 4.52. The zero-order valence-corrected chi connectivity index (χ0v) is 17.6. The summed E-state index contributed by atoms with van der Waals surface area (Å²) in [6.07, 6.45) is 0.176. The number of carbonyl (C=O) groups excluding carboxylic acids is 1. The first-order valence-corrected chi connectivity index (χ1v) is 10.5. The fourth-order valence-electron chi connectivity index (χ4n) is 4.31. The first-order chi connectivity index (χ1) is 14.7. The standard InChI is InChI=1S/C24H26F2N2O3/c1-15(2)13-24(30)10-11-28(14-21(24)31-18-8-6-17(25)7-9-18)23(29)20-12-16-4-3-5-19(26)22(16)27-20/h3-9,12,15,21,27,30H,10-11,13-14H2,1-2H3/t21-,24+/m0/s1. The molecule has 2 atom stereocenters.